The molecule has 0 spiro atoms. The van der Waals surface area contributed by atoms with Crippen molar-refractivity contribution in [3.05, 3.63) is 42.0 Å². The summed E-state index contributed by atoms with van der Waals surface area (Å²) in [6, 6.07) is 6.61. The molecule has 0 radical (unpaired) electrons. The monoisotopic (exact) mass is 267 g/mol. The van der Waals surface area contributed by atoms with Gasteiger partial charge in [0, 0.05) is 6.07 Å². The van der Waals surface area contributed by atoms with Gasteiger partial charge in [0.2, 0.25) is 17.6 Å². The van der Waals surface area contributed by atoms with E-state index < -0.39 is 11.6 Å². The Morgan fingerprint density at radius 2 is 2.00 bits per heavy atom. The zero-order valence-electron chi connectivity index (χ0n) is 9.98. The Morgan fingerprint density at radius 1 is 1.21 bits per heavy atom. The Balaban J connectivity index is 2.31. The van der Waals surface area contributed by atoms with Crippen LogP contribution in [0.3, 0.4) is 0 Å². The fourth-order valence-electron chi connectivity index (χ4n) is 1.42. The number of hydrazine groups is 1. The van der Waals surface area contributed by atoms with Crippen molar-refractivity contribution >= 4 is 5.69 Å². The number of benzene rings is 1. The minimum absolute atomic E-state index is 0.0559. The molecule has 100 valence electrons. The van der Waals surface area contributed by atoms with Crippen molar-refractivity contribution in [2.24, 2.45) is 5.84 Å². The van der Waals surface area contributed by atoms with Crippen LogP contribution in [0.25, 0.3) is 0 Å². The predicted molar refractivity (Wildman–Crippen MR) is 65.0 cm³/mol. The molecule has 5 nitrogen and oxygen atoms in total. The summed E-state index contributed by atoms with van der Waals surface area (Å²) in [6.45, 7) is 0. The molecule has 0 saturated heterocycles. The quantitative estimate of drug-likeness (QED) is 0.657. The van der Waals surface area contributed by atoms with Crippen LogP contribution < -0.4 is 20.7 Å². The second kappa shape index (κ2) is 5.49. The van der Waals surface area contributed by atoms with Crippen LogP contribution >= 0.6 is 0 Å². The summed E-state index contributed by atoms with van der Waals surface area (Å²) >= 11 is 0. The summed E-state index contributed by atoms with van der Waals surface area (Å²) in [5.41, 5.74) is 2.82. The van der Waals surface area contributed by atoms with Crippen LogP contribution in [0, 0.1) is 11.6 Å². The van der Waals surface area contributed by atoms with Gasteiger partial charge in [0.25, 0.3) is 0 Å². The second-order valence-electron chi connectivity index (χ2n) is 3.50. The van der Waals surface area contributed by atoms with E-state index in [9.17, 15) is 8.78 Å². The lowest BCUT2D eigenvalue weighted by molar-refractivity contribution is 0.374. The second-order valence-corrected chi connectivity index (χ2v) is 3.50. The van der Waals surface area contributed by atoms with Gasteiger partial charge in [-0.1, -0.05) is 6.07 Å². The SMILES string of the molecule is COc1nc(Oc2cccc(F)c2F)ccc1NN. The molecular formula is C12H11F2N3O2. The van der Waals surface area contributed by atoms with Gasteiger partial charge in [0.15, 0.2) is 11.6 Å². The summed E-state index contributed by atoms with van der Waals surface area (Å²) in [4.78, 5) is 3.95. The molecule has 0 atom stereocenters. The number of anilines is 1. The number of nitrogen functional groups attached to an aromatic ring is 1. The number of methoxy groups -OCH3 is 1. The number of ether oxygens (including phenoxy) is 2. The molecule has 0 aliphatic carbocycles. The van der Waals surface area contributed by atoms with Gasteiger partial charge in [-0.05, 0) is 18.2 Å². The maximum Gasteiger partial charge on any atom is 0.241 e. The standard InChI is InChI=1S/C12H11F2N3O2/c1-18-12-8(17-15)5-6-10(16-12)19-9-4-2-3-7(13)11(9)14/h2-6,17H,15H2,1H3. The largest absolute Gasteiger partial charge is 0.479 e. The van der Waals surface area contributed by atoms with Crippen molar-refractivity contribution in [1.82, 2.24) is 4.98 Å². The van der Waals surface area contributed by atoms with Crippen LogP contribution in [0.15, 0.2) is 30.3 Å². The van der Waals surface area contributed by atoms with Crippen LogP contribution in [-0.2, 0) is 0 Å². The fraction of sp³-hybridized carbons (Fsp3) is 0.0833. The number of halogens is 2. The van der Waals surface area contributed by atoms with Crippen LogP contribution in [0.2, 0.25) is 0 Å². The molecule has 19 heavy (non-hydrogen) atoms. The molecule has 0 amide bonds. The number of nitrogens with zero attached hydrogens (tertiary/aromatic N) is 1. The summed E-state index contributed by atoms with van der Waals surface area (Å²) in [6.07, 6.45) is 0. The van der Waals surface area contributed by atoms with Gasteiger partial charge in [0.1, 0.15) is 5.69 Å². The number of aromatic nitrogens is 1. The third-order valence-corrected chi connectivity index (χ3v) is 2.31. The molecule has 0 fully saturated rings. The van der Waals surface area contributed by atoms with E-state index in [1.165, 1.54) is 25.3 Å². The maximum atomic E-state index is 13.4. The predicted octanol–water partition coefficient (Wildman–Crippen LogP) is 2.45. The lowest BCUT2D eigenvalue weighted by Crippen LogP contribution is -2.09. The molecule has 0 bridgehead atoms. The zero-order chi connectivity index (χ0) is 13.8. The van der Waals surface area contributed by atoms with E-state index in [0.717, 1.165) is 6.07 Å². The highest BCUT2D eigenvalue weighted by Gasteiger charge is 2.12. The zero-order valence-corrected chi connectivity index (χ0v) is 9.98. The van der Waals surface area contributed by atoms with E-state index in [4.69, 9.17) is 15.3 Å². The van der Waals surface area contributed by atoms with Gasteiger partial charge < -0.3 is 14.9 Å². The number of hydrogen-bond acceptors (Lipinski definition) is 5. The third kappa shape index (κ3) is 2.71. The van der Waals surface area contributed by atoms with E-state index in [-0.39, 0.29) is 17.5 Å². The van der Waals surface area contributed by atoms with Crippen molar-refractivity contribution in [2.75, 3.05) is 12.5 Å². The minimum Gasteiger partial charge on any atom is -0.479 e. The van der Waals surface area contributed by atoms with E-state index in [0.29, 0.717) is 5.69 Å². The molecule has 3 N–H and O–H groups in total. The molecule has 2 rings (SSSR count). The topological polar surface area (TPSA) is 69.4 Å². The van der Waals surface area contributed by atoms with Crippen molar-refractivity contribution in [1.29, 1.82) is 0 Å². The highest BCUT2D eigenvalue weighted by atomic mass is 19.2. The van der Waals surface area contributed by atoms with Crippen LogP contribution in [0.4, 0.5) is 14.5 Å². The van der Waals surface area contributed by atoms with E-state index in [1.54, 1.807) is 6.07 Å². The van der Waals surface area contributed by atoms with Crippen molar-refractivity contribution < 1.29 is 18.3 Å². The Labute approximate surface area is 107 Å². The average Bonchev–Trinajstić information content (AvgIpc) is 2.43. The number of nitrogens with one attached hydrogen (secondary N) is 1. The lowest BCUT2D eigenvalue weighted by Gasteiger charge is -2.10. The van der Waals surface area contributed by atoms with E-state index >= 15 is 0 Å². The molecule has 7 heteroatoms. The summed E-state index contributed by atoms with van der Waals surface area (Å²) in [5, 5.41) is 0. The average molecular weight is 267 g/mol. The van der Waals surface area contributed by atoms with Gasteiger partial charge in [-0.15, -0.1) is 0 Å². The van der Waals surface area contributed by atoms with Gasteiger partial charge >= 0.3 is 0 Å². The highest BCUT2D eigenvalue weighted by molar-refractivity contribution is 5.53. The minimum atomic E-state index is -1.08. The molecule has 0 unspecified atom stereocenters. The van der Waals surface area contributed by atoms with Crippen LogP contribution in [-0.4, -0.2) is 12.1 Å². The van der Waals surface area contributed by atoms with Crippen molar-refractivity contribution in [2.45, 2.75) is 0 Å². The summed E-state index contributed by atoms with van der Waals surface area (Å²) in [5.74, 6) is 3.15. The molecule has 0 saturated carbocycles. The summed E-state index contributed by atoms with van der Waals surface area (Å²) < 4.78 is 36.6. The highest BCUT2D eigenvalue weighted by Crippen LogP contribution is 2.28. The third-order valence-electron chi connectivity index (χ3n) is 2.31. The maximum absolute atomic E-state index is 13.4. The van der Waals surface area contributed by atoms with Crippen molar-refractivity contribution in [3.8, 4) is 17.5 Å². The van der Waals surface area contributed by atoms with Gasteiger partial charge in [-0.25, -0.2) is 4.39 Å². The molecule has 1 heterocycles. The number of pyridine rings is 1. The molecular weight excluding hydrogens is 256 g/mol. The van der Waals surface area contributed by atoms with Gasteiger partial charge in [-0.3, -0.25) is 5.84 Å². The van der Waals surface area contributed by atoms with E-state index in [1.807, 2.05) is 0 Å². The first-order valence-electron chi connectivity index (χ1n) is 5.29. The molecule has 1 aromatic heterocycles. The first kappa shape index (κ1) is 13.0. The Morgan fingerprint density at radius 3 is 2.68 bits per heavy atom. The van der Waals surface area contributed by atoms with Gasteiger partial charge in [0.05, 0.1) is 7.11 Å². The molecule has 1 aromatic carbocycles. The smallest absolute Gasteiger partial charge is 0.241 e. The normalized spacial score (nSPS) is 10.1. The number of rotatable bonds is 4. The Kier molecular flexibility index (Phi) is 3.76. The lowest BCUT2D eigenvalue weighted by atomic mass is 10.3. The molecule has 0 aliphatic rings. The number of nitrogens with two attached hydrogens (primary N) is 1. The molecule has 0 aliphatic heterocycles. The molecule has 2 aromatic rings. The van der Waals surface area contributed by atoms with Gasteiger partial charge in [-0.2, -0.15) is 9.37 Å². The van der Waals surface area contributed by atoms with Crippen LogP contribution in [0.1, 0.15) is 0 Å². The van der Waals surface area contributed by atoms with Crippen molar-refractivity contribution in [3.63, 3.8) is 0 Å². The van der Waals surface area contributed by atoms with E-state index in [2.05, 4.69) is 10.4 Å². The first-order chi connectivity index (χ1) is 9.15. The Hall–Kier alpha value is -2.41. The van der Waals surface area contributed by atoms with Crippen LogP contribution in [0.5, 0.6) is 17.5 Å². The Bertz CT molecular complexity index is 593. The number of hydrogen-bond donors (Lipinski definition) is 2. The fourth-order valence-corrected chi connectivity index (χ4v) is 1.42. The summed E-state index contributed by atoms with van der Waals surface area (Å²) in [7, 11) is 1.40. The first-order valence-corrected chi connectivity index (χ1v) is 5.29.